The first kappa shape index (κ1) is 17.2. The first-order valence-corrected chi connectivity index (χ1v) is 9.84. The van der Waals surface area contributed by atoms with Crippen molar-refractivity contribution in [1.82, 2.24) is 15.1 Å². The van der Waals surface area contributed by atoms with Gasteiger partial charge in [0.1, 0.15) is 6.04 Å². The van der Waals surface area contributed by atoms with Gasteiger partial charge in [-0.2, -0.15) is 5.10 Å². The third-order valence-corrected chi connectivity index (χ3v) is 5.93. The van der Waals surface area contributed by atoms with Gasteiger partial charge in [0.25, 0.3) is 0 Å². The van der Waals surface area contributed by atoms with Gasteiger partial charge in [-0.1, -0.05) is 31.7 Å². The van der Waals surface area contributed by atoms with Crippen LogP contribution in [0.3, 0.4) is 0 Å². The van der Waals surface area contributed by atoms with E-state index in [0.29, 0.717) is 13.0 Å². The Morgan fingerprint density at radius 1 is 1.42 bits per heavy atom. The summed E-state index contributed by atoms with van der Waals surface area (Å²) in [6.45, 7) is 4.68. The number of aromatic nitrogens is 2. The summed E-state index contributed by atoms with van der Waals surface area (Å²) >= 11 is 1.72. The second-order valence-corrected chi connectivity index (χ2v) is 7.88. The molecule has 1 N–H and O–H groups in total. The Bertz CT molecular complexity index is 656. The number of amides is 1. The maximum Gasteiger partial charge on any atom is 0.220 e. The zero-order valence-corrected chi connectivity index (χ0v) is 15.4. The van der Waals surface area contributed by atoms with Crippen molar-refractivity contribution in [3.8, 4) is 0 Å². The van der Waals surface area contributed by atoms with Gasteiger partial charge in [-0.15, -0.1) is 11.3 Å². The molecule has 2 aromatic rings. The number of nitrogens with zero attached hydrogens (tertiary/aromatic N) is 2. The fourth-order valence-corrected chi connectivity index (χ4v) is 4.49. The molecule has 2 heterocycles. The molecule has 3 rings (SSSR count). The minimum atomic E-state index is 0.0779. The monoisotopic (exact) mass is 345 g/mol. The predicted octanol–water partition coefficient (Wildman–Crippen LogP) is 4.24. The Kier molecular flexibility index (Phi) is 5.72. The van der Waals surface area contributed by atoms with Gasteiger partial charge in [-0.3, -0.25) is 9.48 Å². The summed E-state index contributed by atoms with van der Waals surface area (Å²) in [4.78, 5) is 13.5. The molecule has 0 bridgehead atoms. The standard InChI is InChI=1S/C19H27N3OS/c1-14-12-15(2)22(21-14)17(18-8-5-11-24-18)13-20-19(23)10-9-16-6-3-4-7-16/h5,8,11-12,16-17H,3-4,6-7,9-10,13H2,1-2H3,(H,20,23). The van der Waals surface area contributed by atoms with Crippen molar-refractivity contribution in [3.63, 3.8) is 0 Å². The summed E-state index contributed by atoms with van der Waals surface area (Å²) in [7, 11) is 0. The van der Waals surface area contributed by atoms with Crippen LogP contribution in [0.2, 0.25) is 0 Å². The molecule has 5 heteroatoms. The summed E-state index contributed by atoms with van der Waals surface area (Å²) < 4.78 is 2.04. The largest absolute Gasteiger partial charge is 0.354 e. The quantitative estimate of drug-likeness (QED) is 0.816. The predicted molar refractivity (Wildman–Crippen MR) is 98.4 cm³/mol. The molecule has 1 atom stereocenters. The number of hydrogen-bond donors (Lipinski definition) is 1. The number of carbonyl (C=O) groups excluding carboxylic acids is 1. The van der Waals surface area contributed by atoms with Crippen LogP contribution in [-0.4, -0.2) is 22.2 Å². The lowest BCUT2D eigenvalue weighted by Gasteiger charge is -2.19. The van der Waals surface area contributed by atoms with Crippen LogP contribution in [0.25, 0.3) is 0 Å². The Morgan fingerprint density at radius 3 is 2.83 bits per heavy atom. The highest BCUT2D eigenvalue weighted by Gasteiger charge is 2.20. The summed E-state index contributed by atoms with van der Waals surface area (Å²) in [5, 5.41) is 9.84. The van der Waals surface area contributed by atoms with Gasteiger partial charge in [0.05, 0.1) is 5.69 Å². The lowest BCUT2D eigenvalue weighted by Crippen LogP contribution is -2.32. The Hall–Kier alpha value is -1.62. The van der Waals surface area contributed by atoms with E-state index in [9.17, 15) is 4.79 Å². The van der Waals surface area contributed by atoms with Crippen LogP contribution in [0.15, 0.2) is 23.6 Å². The fourth-order valence-electron chi connectivity index (χ4n) is 3.68. The smallest absolute Gasteiger partial charge is 0.220 e. The number of rotatable bonds is 7. The van der Waals surface area contributed by atoms with Crippen LogP contribution in [0, 0.1) is 19.8 Å². The molecular formula is C19H27N3OS. The van der Waals surface area contributed by atoms with E-state index < -0.39 is 0 Å². The van der Waals surface area contributed by atoms with E-state index in [-0.39, 0.29) is 11.9 Å². The first-order valence-electron chi connectivity index (χ1n) is 8.96. The average Bonchev–Trinajstić information content (AvgIpc) is 3.29. The summed E-state index contributed by atoms with van der Waals surface area (Å²) in [6, 6.07) is 6.34. The molecule has 0 aliphatic heterocycles. The molecule has 1 saturated carbocycles. The van der Waals surface area contributed by atoms with E-state index in [1.165, 1.54) is 30.6 Å². The van der Waals surface area contributed by atoms with Gasteiger partial charge in [0, 0.05) is 23.5 Å². The number of carbonyl (C=O) groups is 1. The van der Waals surface area contributed by atoms with Crippen LogP contribution < -0.4 is 5.32 Å². The molecule has 0 saturated heterocycles. The van der Waals surface area contributed by atoms with E-state index >= 15 is 0 Å². The molecular weight excluding hydrogens is 318 g/mol. The van der Waals surface area contributed by atoms with Gasteiger partial charge >= 0.3 is 0 Å². The van der Waals surface area contributed by atoms with Crippen LogP contribution in [0.1, 0.15) is 60.8 Å². The molecule has 1 aliphatic carbocycles. The third-order valence-electron chi connectivity index (χ3n) is 4.96. The minimum Gasteiger partial charge on any atom is -0.354 e. The van der Waals surface area contributed by atoms with Crippen molar-refractivity contribution in [2.24, 2.45) is 5.92 Å². The van der Waals surface area contributed by atoms with E-state index in [0.717, 1.165) is 23.7 Å². The van der Waals surface area contributed by atoms with E-state index in [4.69, 9.17) is 0 Å². The molecule has 130 valence electrons. The van der Waals surface area contributed by atoms with Crippen molar-refractivity contribution in [2.45, 2.75) is 58.4 Å². The lowest BCUT2D eigenvalue weighted by atomic mass is 10.0. The molecule has 4 nitrogen and oxygen atoms in total. The molecule has 1 amide bonds. The maximum atomic E-state index is 12.3. The first-order chi connectivity index (χ1) is 11.6. The SMILES string of the molecule is Cc1cc(C)n(C(CNC(=O)CCC2CCCC2)c2cccs2)n1. The van der Waals surface area contributed by atoms with E-state index in [2.05, 4.69) is 40.9 Å². The Balaban J connectivity index is 1.60. The molecule has 1 unspecified atom stereocenters. The van der Waals surface area contributed by atoms with Crippen molar-refractivity contribution in [3.05, 3.63) is 39.8 Å². The topological polar surface area (TPSA) is 46.9 Å². The maximum absolute atomic E-state index is 12.3. The summed E-state index contributed by atoms with van der Waals surface area (Å²) in [5.41, 5.74) is 2.15. The van der Waals surface area contributed by atoms with Gasteiger partial charge in [0.2, 0.25) is 5.91 Å². The second-order valence-electron chi connectivity index (χ2n) is 6.90. The van der Waals surface area contributed by atoms with Crippen LogP contribution in [0.5, 0.6) is 0 Å². The normalized spacial score (nSPS) is 16.4. The van der Waals surface area contributed by atoms with E-state index in [1.54, 1.807) is 11.3 Å². The van der Waals surface area contributed by atoms with Crippen molar-refractivity contribution in [1.29, 1.82) is 0 Å². The minimum absolute atomic E-state index is 0.0779. The van der Waals surface area contributed by atoms with Gasteiger partial charge < -0.3 is 5.32 Å². The van der Waals surface area contributed by atoms with Gasteiger partial charge in [-0.25, -0.2) is 0 Å². The highest BCUT2D eigenvalue weighted by Crippen LogP contribution is 2.28. The molecule has 1 fully saturated rings. The van der Waals surface area contributed by atoms with Crippen molar-refractivity contribution in [2.75, 3.05) is 6.54 Å². The third kappa shape index (κ3) is 4.26. The van der Waals surface area contributed by atoms with Crippen molar-refractivity contribution >= 4 is 17.2 Å². The number of aryl methyl sites for hydroxylation is 2. The highest BCUT2D eigenvalue weighted by atomic mass is 32.1. The zero-order chi connectivity index (χ0) is 16.9. The zero-order valence-electron chi connectivity index (χ0n) is 14.6. The molecule has 0 spiro atoms. The number of nitrogens with one attached hydrogen (secondary N) is 1. The van der Waals surface area contributed by atoms with Crippen LogP contribution in [0.4, 0.5) is 0 Å². The number of hydrogen-bond acceptors (Lipinski definition) is 3. The Labute approximate surface area is 148 Å². The molecule has 24 heavy (non-hydrogen) atoms. The average molecular weight is 346 g/mol. The summed E-state index contributed by atoms with van der Waals surface area (Å²) in [6.07, 6.45) is 6.97. The van der Waals surface area contributed by atoms with E-state index in [1.807, 2.05) is 11.6 Å². The van der Waals surface area contributed by atoms with Crippen LogP contribution >= 0.6 is 11.3 Å². The van der Waals surface area contributed by atoms with Gasteiger partial charge in [0.15, 0.2) is 0 Å². The molecule has 0 radical (unpaired) electrons. The lowest BCUT2D eigenvalue weighted by molar-refractivity contribution is -0.121. The Morgan fingerprint density at radius 2 is 2.21 bits per heavy atom. The number of thiophene rings is 1. The van der Waals surface area contributed by atoms with Gasteiger partial charge in [-0.05, 0) is 43.7 Å². The fraction of sp³-hybridized carbons (Fsp3) is 0.579. The molecule has 2 aromatic heterocycles. The molecule has 0 aromatic carbocycles. The second kappa shape index (κ2) is 7.97. The van der Waals surface area contributed by atoms with Crippen molar-refractivity contribution < 1.29 is 4.79 Å². The summed E-state index contributed by atoms with van der Waals surface area (Å²) in [5.74, 6) is 0.935. The van der Waals surface area contributed by atoms with Crippen LogP contribution in [-0.2, 0) is 4.79 Å². The highest BCUT2D eigenvalue weighted by molar-refractivity contribution is 7.10. The molecule has 1 aliphatic rings.